The van der Waals surface area contributed by atoms with Crippen molar-refractivity contribution in [1.29, 1.82) is 0 Å². The van der Waals surface area contributed by atoms with Crippen molar-refractivity contribution >= 4 is 23.4 Å². The number of likely N-dealkylation sites (N-methyl/N-ethyl adjacent to an activating group) is 1. The second-order valence-electron chi connectivity index (χ2n) is 6.80. The third-order valence-corrected chi connectivity index (χ3v) is 6.02. The minimum absolute atomic E-state index is 0.0495. The van der Waals surface area contributed by atoms with Crippen LogP contribution in [-0.4, -0.2) is 36.5 Å². The van der Waals surface area contributed by atoms with Gasteiger partial charge in [0, 0.05) is 33.6 Å². The zero-order valence-electron chi connectivity index (χ0n) is 15.5. The highest BCUT2D eigenvalue weighted by Gasteiger charge is 2.23. The van der Waals surface area contributed by atoms with Crippen molar-refractivity contribution < 1.29 is 4.79 Å². The van der Waals surface area contributed by atoms with Crippen LogP contribution in [0.1, 0.15) is 35.7 Å². The van der Waals surface area contributed by atoms with E-state index in [4.69, 9.17) is 5.73 Å². The van der Waals surface area contributed by atoms with Gasteiger partial charge in [-0.2, -0.15) is 0 Å². The molecular weight excluding hydrogens is 342 g/mol. The maximum atomic E-state index is 12.5. The largest absolute Gasteiger partial charge is 0.398 e. The fraction of sp³-hybridized carbons (Fsp3) is 0.381. The summed E-state index contributed by atoms with van der Waals surface area (Å²) in [5, 5.41) is 3.06. The van der Waals surface area contributed by atoms with Gasteiger partial charge in [0.2, 0.25) is 0 Å². The van der Waals surface area contributed by atoms with E-state index in [0.29, 0.717) is 23.8 Å². The minimum Gasteiger partial charge on any atom is -0.398 e. The lowest BCUT2D eigenvalue weighted by molar-refractivity contribution is 0.0941. The van der Waals surface area contributed by atoms with Crippen LogP contribution < -0.4 is 11.1 Å². The van der Waals surface area contributed by atoms with E-state index >= 15 is 0 Å². The summed E-state index contributed by atoms with van der Waals surface area (Å²) in [5.74, 6) is -0.0495. The Hall–Kier alpha value is -1.98. The Morgan fingerprint density at radius 3 is 2.73 bits per heavy atom. The monoisotopic (exact) mass is 369 g/mol. The lowest BCUT2D eigenvalue weighted by Crippen LogP contribution is -2.40. The van der Waals surface area contributed by atoms with Crippen molar-refractivity contribution in [3.05, 3.63) is 53.6 Å². The van der Waals surface area contributed by atoms with Crippen molar-refractivity contribution in [3.63, 3.8) is 0 Å². The Kier molecular flexibility index (Phi) is 6.22. The van der Waals surface area contributed by atoms with Gasteiger partial charge in [-0.25, -0.2) is 0 Å². The van der Waals surface area contributed by atoms with Gasteiger partial charge in [0.05, 0.1) is 0 Å². The SMILES string of the molecule is CCN1CCCC1CNC(=O)c1ccc(Sc2ccc(C)cc2)c(N)c1. The van der Waals surface area contributed by atoms with Crippen LogP contribution in [0.15, 0.2) is 52.3 Å². The van der Waals surface area contributed by atoms with E-state index < -0.39 is 0 Å². The maximum Gasteiger partial charge on any atom is 0.251 e. The van der Waals surface area contributed by atoms with Crippen LogP contribution in [0, 0.1) is 6.92 Å². The Balaban J connectivity index is 1.61. The Morgan fingerprint density at radius 2 is 2.04 bits per heavy atom. The van der Waals surface area contributed by atoms with E-state index in [0.717, 1.165) is 29.3 Å². The average molecular weight is 370 g/mol. The van der Waals surface area contributed by atoms with Crippen LogP contribution in [0.25, 0.3) is 0 Å². The van der Waals surface area contributed by atoms with Crippen LogP contribution in [0.2, 0.25) is 0 Å². The summed E-state index contributed by atoms with van der Waals surface area (Å²) < 4.78 is 0. The predicted octanol–water partition coefficient (Wildman–Crippen LogP) is 3.94. The number of amides is 1. The van der Waals surface area contributed by atoms with Gasteiger partial charge in [0.25, 0.3) is 5.91 Å². The molecule has 1 aliphatic rings. The molecular formula is C21H27N3OS. The van der Waals surface area contributed by atoms with E-state index in [1.54, 1.807) is 17.8 Å². The molecule has 1 unspecified atom stereocenters. The predicted molar refractivity (Wildman–Crippen MR) is 109 cm³/mol. The maximum absolute atomic E-state index is 12.5. The number of rotatable bonds is 6. The quantitative estimate of drug-likeness (QED) is 0.757. The first-order chi connectivity index (χ1) is 12.6. The van der Waals surface area contributed by atoms with Crippen LogP contribution in [0.5, 0.6) is 0 Å². The summed E-state index contributed by atoms with van der Waals surface area (Å²) in [6.45, 7) is 7.12. The third kappa shape index (κ3) is 4.59. The zero-order chi connectivity index (χ0) is 18.5. The molecule has 2 aromatic rings. The molecule has 0 aromatic heterocycles. The minimum atomic E-state index is -0.0495. The molecule has 0 bridgehead atoms. The Morgan fingerprint density at radius 1 is 1.27 bits per heavy atom. The first-order valence-electron chi connectivity index (χ1n) is 9.23. The fourth-order valence-corrected chi connectivity index (χ4v) is 4.21. The van der Waals surface area contributed by atoms with Crippen LogP contribution >= 0.6 is 11.8 Å². The van der Waals surface area contributed by atoms with E-state index in [1.165, 1.54) is 12.0 Å². The first kappa shape index (κ1) is 18.8. The molecule has 26 heavy (non-hydrogen) atoms. The summed E-state index contributed by atoms with van der Waals surface area (Å²) in [4.78, 5) is 17.0. The average Bonchev–Trinajstić information content (AvgIpc) is 3.10. The molecule has 5 heteroatoms. The second-order valence-corrected chi connectivity index (χ2v) is 7.92. The molecule has 1 fully saturated rings. The van der Waals surface area contributed by atoms with Gasteiger partial charge >= 0.3 is 0 Å². The highest BCUT2D eigenvalue weighted by Crippen LogP contribution is 2.32. The fourth-order valence-electron chi connectivity index (χ4n) is 3.37. The standard InChI is InChI=1S/C21H27N3OS/c1-3-24-12-4-5-17(24)14-23-21(25)16-8-11-20(19(22)13-16)26-18-9-6-15(2)7-10-18/h6-11,13,17H,3-5,12,14,22H2,1-2H3,(H,23,25). The van der Waals surface area contributed by atoms with Gasteiger partial charge in [0.15, 0.2) is 0 Å². The number of benzene rings is 2. The van der Waals surface area contributed by atoms with E-state index in [2.05, 4.69) is 48.3 Å². The van der Waals surface area contributed by atoms with Gasteiger partial charge in [-0.1, -0.05) is 36.4 Å². The van der Waals surface area contributed by atoms with Crippen LogP contribution in [0.3, 0.4) is 0 Å². The molecule has 4 nitrogen and oxygen atoms in total. The molecule has 3 N–H and O–H groups in total. The topological polar surface area (TPSA) is 58.4 Å². The van der Waals surface area contributed by atoms with Gasteiger partial charge in [0.1, 0.15) is 0 Å². The molecule has 1 amide bonds. The molecule has 1 heterocycles. The van der Waals surface area contributed by atoms with Gasteiger partial charge in [-0.3, -0.25) is 9.69 Å². The molecule has 1 aliphatic heterocycles. The number of likely N-dealkylation sites (tertiary alicyclic amines) is 1. The highest BCUT2D eigenvalue weighted by atomic mass is 32.2. The summed E-state index contributed by atoms with van der Waals surface area (Å²) >= 11 is 1.62. The lowest BCUT2D eigenvalue weighted by atomic mass is 10.1. The molecule has 2 aromatic carbocycles. The number of hydrogen-bond donors (Lipinski definition) is 2. The molecule has 0 spiro atoms. The number of nitrogens with two attached hydrogens (primary N) is 1. The molecule has 0 saturated carbocycles. The van der Waals surface area contributed by atoms with Crippen LogP contribution in [-0.2, 0) is 0 Å². The molecule has 1 atom stereocenters. The number of anilines is 1. The van der Waals surface area contributed by atoms with Crippen LogP contribution in [0.4, 0.5) is 5.69 Å². The number of nitrogen functional groups attached to an aromatic ring is 1. The van der Waals surface area contributed by atoms with Crippen molar-refractivity contribution in [3.8, 4) is 0 Å². The zero-order valence-corrected chi connectivity index (χ0v) is 16.3. The van der Waals surface area contributed by atoms with Gasteiger partial charge in [-0.15, -0.1) is 0 Å². The Bertz CT molecular complexity index is 760. The third-order valence-electron chi connectivity index (χ3n) is 4.92. The number of nitrogens with one attached hydrogen (secondary N) is 1. The van der Waals surface area contributed by atoms with Crippen molar-refractivity contribution in [2.24, 2.45) is 0 Å². The number of nitrogens with zero attached hydrogens (tertiary/aromatic N) is 1. The van der Waals surface area contributed by atoms with Crippen molar-refractivity contribution in [2.75, 3.05) is 25.4 Å². The van der Waals surface area contributed by atoms with Gasteiger partial charge < -0.3 is 11.1 Å². The Labute approximate surface area is 160 Å². The van der Waals surface area contributed by atoms with E-state index in [-0.39, 0.29) is 5.91 Å². The lowest BCUT2D eigenvalue weighted by Gasteiger charge is -2.22. The highest BCUT2D eigenvalue weighted by molar-refractivity contribution is 7.99. The summed E-state index contributed by atoms with van der Waals surface area (Å²) in [6, 6.07) is 14.4. The first-order valence-corrected chi connectivity index (χ1v) is 10.0. The molecule has 1 saturated heterocycles. The molecule has 138 valence electrons. The number of carbonyl (C=O) groups is 1. The second kappa shape index (κ2) is 8.60. The molecule has 3 rings (SSSR count). The van der Waals surface area contributed by atoms with Crippen molar-refractivity contribution in [2.45, 2.75) is 42.5 Å². The van der Waals surface area contributed by atoms with Crippen molar-refractivity contribution in [1.82, 2.24) is 10.2 Å². The number of carbonyl (C=O) groups excluding carboxylic acids is 1. The summed E-state index contributed by atoms with van der Waals surface area (Å²) in [7, 11) is 0. The van der Waals surface area contributed by atoms with E-state index in [1.807, 2.05) is 12.1 Å². The summed E-state index contributed by atoms with van der Waals surface area (Å²) in [5.41, 5.74) is 8.68. The van der Waals surface area contributed by atoms with Gasteiger partial charge in [-0.05, 0) is 63.2 Å². The molecule has 0 radical (unpaired) electrons. The molecule has 0 aliphatic carbocycles. The van der Waals surface area contributed by atoms with E-state index in [9.17, 15) is 4.79 Å². The smallest absolute Gasteiger partial charge is 0.251 e. The number of aryl methyl sites for hydroxylation is 1. The number of hydrogen-bond acceptors (Lipinski definition) is 4. The summed E-state index contributed by atoms with van der Waals surface area (Å²) in [6.07, 6.45) is 2.37. The normalized spacial score (nSPS) is 17.4.